The molecule has 6 rings (SSSR count). The van der Waals surface area contributed by atoms with Crippen molar-refractivity contribution in [3.05, 3.63) is 57.6 Å². The summed E-state index contributed by atoms with van der Waals surface area (Å²) >= 11 is 0. The van der Waals surface area contributed by atoms with E-state index in [2.05, 4.69) is 24.3 Å². The molecule has 2 nitrogen and oxygen atoms in total. The topological polar surface area (TPSA) is 40.5 Å². The van der Waals surface area contributed by atoms with Gasteiger partial charge in [-0.15, -0.1) is 0 Å². The highest BCUT2D eigenvalue weighted by atomic mass is 16.3. The molecule has 0 bridgehead atoms. The number of hydrogen-bond donors (Lipinski definition) is 2. The number of benzene rings is 2. The fourth-order valence-corrected chi connectivity index (χ4v) is 8.05. The minimum absolute atomic E-state index is 0.502. The first kappa shape index (κ1) is 23.4. The Hall–Kier alpha value is -1.96. The molecule has 0 spiro atoms. The predicted octanol–water partition coefficient (Wildman–Crippen LogP) is 9.32. The summed E-state index contributed by atoms with van der Waals surface area (Å²) in [6.07, 6.45) is 21.0. The molecule has 0 atom stereocenters. The molecule has 4 saturated carbocycles. The van der Waals surface area contributed by atoms with Gasteiger partial charge in [0.25, 0.3) is 0 Å². The Morgan fingerprint density at radius 3 is 1.11 bits per heavy atom. The fourth-order valence-electron chi connectivity index (χ4n) is 8.05. The number of phenols is 2. The first-order valence-electron chi connectivity index (χ1n) is 14.9. The molecule has 0 radical (unpaired) electrons. The van der Waals surface area contributed by atoms with Crippen molar-refractivity contribution < 1.29 is 10.2 Å². The van der Waals surface area contributed by atoms with Crippen LogP contribution in [0.15, 0.2) is 24.3 Å². The maximum absolute atomic E-state index is 11.5. The highest BCUT2D eigenvalue weighted by molar-refractivity contribution is 5.53. The Balaban J connectivity index is 1.41. The van der Waals surface area contributed by atoms with E-state index in [0.717, 1.165) is 11.1 Å². The van der Waals surface area contributed by atoms with E-state index in [1.807, 2.05) is 0 Å². The second kappa shape index (κ2) is 10.2. The monoisotopic (exact) mass is 472 g/mol. The molecule has 0 saturated heterocycles. The third-order valence-electron chi connectivity index (χ3n) is 10.1. The molecule has 0 unspecified atom stereocenters. The Bertz CT molecular complexity index is 946. The zero-order valence-electron chi connectivity index (χ0n) is 21.5. The molecule has 2 heteroatoms. The van der Waals surface area contributed by atoms with Crippen LogP contribution < -0.4 is 0 Å². The largest absolute Gasteiger partial charge is 0.507 e. The van der Waals surface area contributed by atoms with Crippen LogP contribution >= 0.6 is 0 Å². The van der Waals surface area contributed by atoms with Crippen molar-refractivity contribution in [2.45, 2.75) is 133 Å². The lowest BCUT2D eigenvalue weighted by molar-refractivity contribution is 0.447. The van der Waals surface area contributed by atoms with Crippen LogP contribution in [-0.2, 0) is 6.42 Å². The number of hydrogen-bond acceptors (Lipinski definition) is 2. The molecule has 2 N–H and O–H groups in total. The smallest absolute Gasteiger partial charge is 0.122 e. The summed E-state index contributed by atoms with van der Waals surface area (Å²) in [6, 6.07) is 9.34. The second-order valence-electron chi connectivity index (χ2n) is 12.3. The summed E-state index contributed by atoms with van der Waals surface area (Å²) in [6.45, 7) is 0. The van der Waals surface area contributed by atoms with E-state index in [0.29, 0.717) is 41.6 Å². The van der Waals surface area contributed by atoms with Gasteiger partial charge < -0.3 is 10.2 Å². The van der Waals surface area contributed by atoms with Crippen molar-refractivity contribution in [2.24, 2.45) is 0 Å². The molecule has 0 aliphatic heterocycles. The van der Waals surface area contributed by atoms with Crippen molar-refractivity contribution in [1.82, 2.24) is 0 Å². The van der Waals surface area contributed by atoms with Gasteiger partial charge in [0.1, 0.15) is 11.5 Å². The van der Waals surface area contributed by atoms with Gasteiger partial charge in [0.05, 0.1) is 0 Å². The highest BCUT2D eigenvalue weighted by Gasteiger charge is 2.28. The van der Waals surface area contributed by atoms with Gasteiger partial charge in [-0.05, 0) is 108 Å². The minimum atomic E-state index is 0.502. The van der Waals surface area contributed by atoms with Crippen molar-refractivity contribution in [3.63, 3.8) is 0 Å². The average molecular weight is 473 g/mol. The zero-order chi connectivity index (χ0) is 23.8. The summed E-state index contributed by atoms with van der Waals surface area (Å²) in [7, 11) is 0. The van der Waals surface area contributed by atoms with Crippen LogP contribution in [0, 0.1) is 0 Å². The highest BCUT2D eigenvalue weighted by Crippen LogP contribution is 2.47. The lowest BCUT2D eigenvalue weighted by Gasteiger charge is -2.22. The molecule has 2 aromatic carbocycles. The quantitative estimate of drug-likeness (QED) is 0.439. The molecule has 2 aromatic rings. The molecule has 4 aliphatic carbocycles. The summed E-state index contributed by atoms with van der Waals surface area (Å²) < 4.78 is 0. The van der Waals surface area contributed by atoms with Crippen molar-refractivity contribution >= 4 is 0 Å². The summed E-state index contributed by atoms with van der Waals surface area (Å²) in [5.41, 5.74) is 7.38. The molecule has 35 heavy (non-hydrogen) atoms. The molecule has 0 heterocycles. The van der Waals surface area contributed by atoms with E-state index >= 15 is 0 Å². The summed E-state index contributed by atoms with van der Waals surface area (Å²) in [5, 5.41) is 23.1. The average Bonchev–Trinajstić information content (AvgIpc) is 3.69. The third-order valence-corrected chi connectivity index (χ3v) is 10.1. The van der Waals surface area contributed by atoms with Crippen LogP contribution in [0.25, 0.3) is 0 Å². The van der Waals surface area contributed by atoms with Crippen LogP contribution in [0.4, 0.5) is 0 Å². The molecule has 4 aliphatic rings. The van der Waals surface area contributed by atoms with Crippen LogP contribution in [0.2, 0.25) is 0 Å². The van der Waals surface area contributed by atoms with Gasteiger partial charge >= 0.3 is 0 Å². The Morgan fingerprint density at radius 2 is 0.771 bits per heavy atom. The molecule has 0 amide bonds. The van der Waals surface area contributed by atoms with Gasteiger partial charge in [-0.3, -0.25) is 0 Å². The van der Waals surface area contributed by atoms with Crippen LogP contribution in [0.5, 0.6) is 11.5 Å². The molecule has 0 aromatic heterocycles. The molecule has 188 valence electrons. The fraction of sp³-hybridized carbons (Fsp3) is 0.636. The van der Waals surface area contributed by atoms with Crippen LogP contribution in [-0.4, -0.2) is 10.2 Å². The van der Waals surface area contributed by atoms with Gasteiger partial charge in [-0.25, -0.2) is 0 Å². The van der Waals surface area contributed by atoms with E-state index in [4.69, 9.17) is 0 Å². The van der Waals surface area contributed by atoms with Crippen LogP contribution in [0.1, 0.15) is 160 Å². The molecular weight excluding hydrogens is 428 g/mol. The number of aromatic hydroxyl groups is 2. The van der Waals surface area contributed by atoms with E-state index in [-0.39, 0.29) is 0 Å². The van der Waals surface area contributed by atoms with Gasteiger partial charge in [0.15, 0.2) is 0 Å². The summed E-state index contributed by atoms with van der Waals surface area (Å²) in [4.78, 5) is 0. The summed E-state index contributed by atoms with van der Waals surface area (Å²) in [5.74, 6) is 3.33. The first-order chi connectivity index (χ1) is 17.2. The van der Waals surface area contributed by atoms with Gasteiger partial charge in [0, 0.05) is 6.42 Å². The number of rotatable bonds is 6. The van der Waals surface area contributed by atoms with Crippen molar-refractivity contribution in [2.75, 3.05) is 0 Å². The Labute approximate surface area is 212 Å². The maximum Gasteiger partial charge on any atom is 0.122 e. The zero-order valence-corrected chi connectivity index (χ0v) is 21.5. The third kappa shape index (κ3) is 4.75. The Morgan fingerprint density at radius 1 is 0.457 bits per heavy atom. The van der Waals surface area contributed by atoms with E-state index < -0.39 is 0 Å². The van der Waals surface area contributed by atoms with Gasteiger partial charge in [-0.2, -0.15) is 0 Å². The minimum Gasteiger partial charge on any atom is -0.507 e. The second-order valence-corrected chi connectivity index (χ2v) is 12.3. The molecule has 4 fully saturated rings. The SMILES string of the molecule is Oc1c(Cc2cc(C3CCCC3)cc(C3CCCC3)c2O)cc(C2CCCC2)cc1C1CCCC1. The molecular formula is C33H44O2. The van der Waals surface area contributed by atoms with E-state index in [1.165, 1.54) is 125 Å². The van der Waals surface area contributed by atoms with E-state index in [9.17, 15) is 10.2 Å². The predicted molar refractivity (Wildman–Crippen MR) is 144 cm³/mol. The maximum atomic E-state index is 11.5. The van der Waals surface area contributed by atoms with E-state index in [1.54, 1.807) is 0 Å². The number of phenolic OH excluding ortho intramolecular Hbond substituents is 2. The Kier molecular flexibility index (Phi) is 6.82. The normalized spacial score (nSPS) is 22.6. The van der Waals surface area contributed by atoms with Gasteiger partial charge in [-0.1, -0.05) is 75.6 Å². The first-order valence-corrected chi connectivity index (χ1v) is 14.9. The lowest BCUT2D eigenvalue weighted by Crippen LogP contribution is -2.05. The lowest BCUT2D eigenvalue weighted by atomic mass is 9.84. The van der Waals surface area contributed by atoms with Crippen molar-refractivity contribution in [3.8, 4) is 11.5 Å². The van der Waals surface area contributed by atoms with Crippen molar-refractivity contribution in [1.29, 1.82) is 0 Å². The van der Waals surface area contributed by atoms with Crippen LogP contribution in [0.3, 0.4) is 0 Å². The van der Waals surface area contributed by atoms with Gasteiger partial charge in [0.2, 0.25) is 0 Å². The standard InChI is InChI=1S/C33H44O2/c34-32-28(17-26(22-9-1-2-10-22)20-30(32)24-13-5-6-14-24)19-29-18-27(23-11-3-4-12-23)21-31(33(29)35)25-15-7-8-16-25/h17-18,20-25,34-35H,1-16,19H2.